The lowest BCUT2D eigenvalue weighted by Gasteiger charge is -2.23. The molecule has 0 fully saturated rings. The van der Waals surface area contributed by atoms with Crippen LogP contribution in [0.5, 0.6) is 0 Å². The number of nitrogens with one attached hydrogen (secondary N) is 2. The maximum Gasteiger partial charge on any atom is 0.241 e. The summed E-state index contributed by atoms with van der Waals surface area (Å²) in [6.07, 6.45) is 0. The second-order valence-electron chi connectivity index (χ2n) is 4.77. The van der Waals surface area contributed by atoms with Crippen LogP contribution in [0, 0.1) is 0 Å². The minimum absolute atomic E-state index is 0.120. The summed E-state index contributed by atoms with van der Waals surface area (Å²) >= 11 is 5.81. The molecule has 0 aromatic heterocycles. The lowest BCUT2D eigenvalue weighted by Crippen LogP contribution is -2.44. The van der Waals surface area contributed by atoms with Crippen molar-refractivity contribution in [3.8, 4) is 0 Å². The number of nitrogens with two attached hydrogens (primary N) is 1. The van der Waals surface area contributed by atoms with Gasteiger partial charge in [0.1, 0.15) is 0 Å². The summed E-state index contributed by atoms with van der Waals surface area (Å²) in [5, 5.41) is 5.92. The molecule has 1 aromatic rings. The lowest BCUT2D eigenvalue weighted by molar-refractivity contribution is -0.124. The van der Waals surface area contributed by atoms with Crippen LogP contribution in [0.3, 0.4) is 0 Å². The van der Waals surface area contributed by atoms with E-state index in [1.54, 1.807) is 37.1 Å². The van der Waals surface area contributed by atoms with Crippen LogP contribution in [-0.2, 0) is 9.59 Å². The first-order chi connectivity index (χ1) is 9.85. The molecule has 4 N–H and O–H groups in total. The fraction of sp³-hybridized carbons (Fsp3) is 0.429. The molecule has 1 rings (SSSR count). The minimum atomic E-state index is -0.470. The number of amides is 2. The van der Waals surface area contributed by atoms with Crippen LogP contribution in [0.1, 0.15) is 13.8 Å². The van der Waals surface area contributed by atoms with Crippen LogP contribution in [0.4, 0.5) is 11.4 Å². The Labute approximate surface area is 129 Å². The number of hydrogen-bond acceptors (Lipinski definition) is 4. The van der Waals surface area contributed by atoms with Gasteiger partial charge in [-0.25, -0.2) is 0 Å². The van der Waals surface area contributed by atoms with E-state index in [9.17, 15) is 9.59 Å². The molecule has 0 heterocycles. The number of nitrogens with zero attached hydrogens (tertiary/aromatic N) is 1. The topological polar surface area (TPSA) is 87.5 Å². The third-order valence-corrected chi connectivity index (χ3v) is 3.31. The van der Waals surface area contributed by atoms with Gasteiger partial charge in [-0.3, -0.25) is 14.5 Å². The molecule has 0 aliphatic rings. The lowest BCUT2D eigenvalue weighted by atomic mass is 10.2. The second kappa shape index (κ2) is 7.85. The van der Waals surface area contributed by atoms with Gasteiger partial charge in [0, 0.05) is 11.6 Å². The number of anilines is 2. The summed E-state index contributed by atoms with van der Waals surface area (Å²) in [7, 11) is 1.71. The highest BCUT2D eigenvalue weighted by Crippen LogP contribution is 2.22. The molecular weight excluding hydrogens is 292 g/mol. The fourth-order valence-corrected chi connectivity index (χ4v) is 1.88. The normalized spacial score (nSPS) is 12.0. The highest BCUT2D eigenvalue weighted by molar-refractivity contribution is 6.31. The average Bonchev–Trinajstić information content (AvgIpc) is 2.41. The number of nitrogen functional groups attached to an aromatic ring is 1. The van der Waals surface area contributed by atoms with Gasteiger partial charge in [-0.1, -0.05) is 11.6 Å². The van der Waals surface area contributed by atoms with E-state index in [0.29, 0.717) is 22.9 Å². The summed E-state index contributed by atoms with van der Waals surface area (Å²) in [5.41, 5.74) is 6.69. The van der Waals surface area contributed by atoms with Gasteiger partial charge in [-0.2, -0.15) is 0 Å². The zero-order chi connectivity index (χ0) is 16.0. The van der Waals surface area contributed by atoms with Crippen molar-refractivity contribution in [3.63, 3.8) is 0 Å². The minimum Gasteiger partial charge on any atom is -0.397 e. The van der Waals surface area contributed by atoms with Crippen molar-refractivity contribution in [1.29, 1.82) is 0 Å². The summed E-state index contributed by atoms with van der Waals surface area (Å²) < 4.78 is 0. The van der Waals surface area contributed by atoms with Gasteiger partial charge < -0.3 is 16.4 Å². The summed E-state index contributed by atoms with van der Waals surface area (Å²) in [6, 6.07) is 4.39. The molecule has 7 heteroatoms. The molecule has 0 aliphatic carbocycles. The SMILES string of the molecule is CCNC(=O)CN(C)C(C)C(=O)Nc1ccc(Cl)cc1N. The van der Waals surface area contributed by atoms with Crippen molar-refractivity contribution in [1.82, 2.24) is 10.2 Å². The van der Waals surface area contributed by atoms with Gasteiger partial charge >= 0.3 is 0 Å². The molecule has 0 radical (unpaired) electrons. The summed E-state index contributed by atoms with van der Waals surface area (Å²) in [4.78, 5) is 25.3. The Morgan fingerprint density at radius 1 is 1.43 bits per heavy atom. The Hall–Kier alpha value is -1.79. The predicted molar refractivity (Wildman–Crippen MR) is 85.3 cm³/mol. The van der Waals surface area contributed by atoms with Crippen LogP contribution in [0.2, 0.25) is 5.02 Å². The van der Waals surface area contributed by atoms with Gasteiger partial charge in [-0.05, 0) is 39.1 Å². The number of likely N-dealkylation sites (N-methyl/N-ethyl adjacent to an activating group) is 2. The van der Waals surface area contributed by atoms with E-state index in [0.717, 1.165) is 0 Å². The molecule has 1 atom stereocenters. The predicted octanol–water partition coefficient (Wildman–Crippen LogP) is 1.32. The highest BCUT2D eigenvalue weighted by atomic mass is 35.5. The van der Waals surface area contributed by atoms with E-state index in [2.05, 4.69) is 10.6 Å². The standard InChI is InChI=1S/C14H21ClN4O2/c1-4-17-13(20)8-19(3)9(2)14(21)18-12-6-5-10(15)7-11(12)16/h5-7,9H,4,8,16H2,1-3H3,(H,17,20)(H,18,21). The van der Waals surface area contributed by atoms with Crippen LogP contribution in [0.15, 0.2) is 18.2 Å². The van der Waals surface area contributed by atoms with E-state index in [4.69, 9.17) is 17.3 Å². The molecular formula is C14H21ClN4O2. The van der Waals surface area contributed by atoms with Crippen molar-refractivity contribution in [2.45, 2.75) is 19.9 Å². The average molecular weight is 313 g/mol. The molecule has 1 unspecified atom stereocenters. The zero-order valence-electron chi connectivity index (χ0n) is 12.4. The molecule has 0 bridgehead atoms. The molecule has 21 heavy (non-hydrogen) atoms. The zero-order valence-corrected chi connectivity index (χ0v) is 13.2. The van der Waals surface area contributed by atoms with Crippen LogP contribution < -0.4 is 16.4 Å². The molecule has 0 saturated carbocycles. The first-order valence-corrected chi connectivity index (χ1v) is 7.05. The van der Waals surface area contributed by atoms with Gasteiger partial charge in [-0.15, -0.1) is 0 Å². The third-order valence-electron chi connectivity index (χ3n) is 3.08. The summed E-state index contributed by atoms with van der Waals surface area (Å²) in [6.45, 7) is 4.28. The van der Waals surface area contributed by atoms with Gasteiger partial charge in [0.15, 0.2) is 0 Å². The van der Waals surface area contributed by atoms with E-state index in [1.807, 2.05) is 6.92 Å². The molecule has 0 aliphatic heterocycles. The van der Waals surface area contributed by atoms with Crippen molar-refractivity contribution in [3.05, 3.63) is 23.2 Å². The molecule has 0 spiro atoms. The number of hydrogen-bond donors (Lipinski definition) is 3. The van der Waals surface area contributed by atoms with Gasteiger partial charge in [0.2, 0.25) is 11.8 Å². The Bertz CT molecular complexity index is 522. The van der Waals surface area contributed by atoms with Crippen LogP contribution in [-0.4, -0.2) is 42.9 Å². The van der Waals surface area contributed by atoms with Crippen molar-refractivity contribution in [2.75, 3.05) is 31.2 Å². The van der Waals surface area contributed by atoms with Crippen molar-refractivity contribution < 1.29 is 9.59 Å². The number of rotatable bonds is 6. The number of carbonyl (C=O) groups excluding carboxylic acids is 2. The quantitative estimate of drug-likeness (QED) is 0.691. The van der Waals surface area contributed by atoms with E-state index >= 15 is 0 Å². The number of benzene rings is 1. The Kier molecular flexibility index (Phi) is 6.45. The Morgan fingerprint density at radius 2 is 2.10 bits per heavy atom. The van der Waals surface area contributed by atoms with Crippen molar-refractivity contribution in [2.24, 2.45) is 0 Å². The Morgan fingerprint density at radius 3 is 2.67 bits per heavy atom. The van der Waals surface area contributed by atoms with Crippen LogP contribution in [0.25, 0.3) is 0 Å². The Balaban J connectivity index is 2.63. The van der Waals surface area contributed by atoms with Crippen molar-refractivity contribution >= 4 is 34.8 Å². The van der Waals surface area contributed by atoms with Crippen LogP contribution >= 0.6 is 11.6 Å². The summed E-state index contributed by atoms with van der Waals surface area (Å²) in [5.74, 6) is -0.360. The van der Waals surface area contributed by atoms with Gasteiger partial charge in [0.05, 0.1) is 24.0 Å². The largest absolute Gasteiger partial charge is 0.397 e. The molecule has 1 aromatic carbocycles. The fourth-order valence-electron chi connectivity index (χ4n) is 1.70. The molecule has 2 amide bonds. The number of carbonyl (C=O) groups is 2. The van der Waals surface area contributed by atoms with E-state index in [-0.39, 0.29) is 18.4 Å². The smallest absolute Gasteiger partial charge is 0.241 e. The first kappa shape index (κ1) is 17.3. The monoisotopic (exact) mass is 312 g/mol. The van der Waals surface area contributed by atoms with E-state index in [1.165, 1.54) is 0 Å². The molecule has 0 saturated heterocycles. The molecule has 116 valence electrons. The maximum absolute atomic E-state index is 12.2. The second-order valence-corrected chi connectivity index (χ2v) is 5.20. The first-order valence-electron chi connectivity index (χ1n) is 6.68. The van der Waals surface area contributed by atoms with Gasteiger partial charge in [0.25, 0.3) is 0 Å². The van der Waals surface area contributed by atoms with E-state index < -0.39 is 6.04 Å². The molecule has 6 nitrogen and oxygen atoms in total. The highest BCUT2D eigenvalue weighted by Gasteiger charge is 2.20. The third kappa shape index (κ3) is 5.24. The maximum atomic E-state index is 12.2. The number of halogens is 1.